The molecule has 12 heavy (non-hydrogen) atoms. The Morgan fingerprint density at radius 1 is 1.33 bits per heavy atom. The van der Waals surface area contributed by atoms with Crippen molar-refractivity contribution < 1.29 is 0 Å². The molecule has 0 aromatic heterocycles. The molecule has 2 aliphatic heterocycles. The van der Waals surface area contributed by atoms with Gasteiger partial charge in [0.2, 0.25) is 0 Å². The van der Waals surface area contributed by atoms with E-state index in [-0.39, 0.29) is 0 Å². The summed E-state index contributed by atoms with van der Waals surface area (Å²) < 4.78 is 0. The fourth-order valence-electron chi connectivity index (χ4n) is 2.26. The van der Waals surface area contributed by atoms with Crippen LogP contribution in [0.15, 0.2) is 0 Å². The van der Waals surface area contributed by atoms with Crippen LogP contribution < -0.4 is 5.32 Å². The fraction of sp³-hybridized carbons (Fsp3) is 0.900. The predicted molar refractivity (Wildman–Crippen MR) is 51.0 cm³/mol. The quantitative estimate of drug-likeness (QED) is 0.627. The molecular weight excluding hydrogens is 148 g/mol. The first-order valence-electron chi connectivity index (χ1n) is 5.23. The molecule has 0 aromatic carbocycles. The zero-order chi connectivity index (χ0) is 8.23. The molecule has 1 radical (unpaired) electrons. The number of nitrogens with one attached hydrogen (secondary N) is 1. The van der Waals surface area contributed by atoms with Crippen molar-refractivity contribution in [1.82, 2.24) is 10.2 Å². The van der Waals surface area contributed by atoms with Crippen LogP contribution in [0.5, 0.6) is 0 Å². The summed E-state index contributed by atoms with van der Waals surface area (Å²) in [5, 5.41) is 3.48. The Kier molecular flexibility index (Phi) is 3.01. The van der Waals surface area contributed by atoms with Crippen molar-refractivity contribution in [3.63, 3.8) is 0 Å². The Hall–Kier alpha value is -0.0800. The number of hydrogen-bond donors (Lipinski definition) is 1. The Morgan fingerprint density at radius 2 is 2.33 bits per heavy atom. The van der Waals surface area contributed by atoms with Gasteiger partial charge in [-0.1, -0.05) is 0 Å². The molecule has 0 bridgehead atoms. The van der Waals surface area contributed by atoms with E-state index in [1.54, 1.807) is 0 Å². The molecule has 2 rings (SSSR count). The first kappa shape index (κ1) is 8.52. The molecule has 0 aromatic rings. The van der Waals surface area contributed by atoms with E-state index in [2.05, 4.69) is 16.6 Å². The number of nitrogens with zero attached hydrogens (tertiary/aromatic N) is 1. The minimum Gasteiger partial charge on any atom is -0.315 e. The van der Waals surface area contributed by atoms with E-state index in [1.807, 2.05) is 0 Å². The summed E-state index contributed by atoms with van der Waals surface area (Å²) >= 11 is 0. The minimum atomic E-state index is 0.829. The first-order valence-corrected chi connectivity index (χ1v) is 5.23. The summed E-state index contributed by atoms with van der Waals surface area (Å²) in [6, 6.07) is 0.829. The maximum absolute atomic E-state index is 3.48. The Bertz CT molecular complexity index is 108. The van der Waals surface area contributed by atoms with Crippen LogP contribution in [0.25, 0.3) is 0 Å². The van der Waals surface area contributed by atoms with Gasteiger partial charge in [0, 0.05) is 19.1 Å². The minimum absolute atomic E-state index is 0.829. The smallest absolute Gasteiger partial charge is 0.0221 e. The topological polar surface area (TPSA) is 15.3 Å². The van der Waals surface area contributed by atoms with Crippen molar-refractivity contribution in [1.29, 1.82) is 0 Å². The SMILES string of the molecule is [CH]1CCCN(C2CCCNC2)C1. The lowest BCUT2D eigenvalue weighted by Crippen LogP contribution is -2.47. The van der Waals surface area contributed by atoms with Crippen LogP contribution in [0.1, 0.15) is 25.7 Å². The van der Waals surface area contributed by atoms with E-state index in [0.29, 0.717) is 0 Å². The highest BCUT2D eigenvalue weighted by molar-refractivity contribution is 4.85. The van der Waals surface area contributed by atoms with E-state index in [9.17, 15) is 0 Å². The molecule has 69 valence electrons. The zero-order valence-electron chi connectivity index (χ0n) is 7.76. The molecule has 1 N–H and O–H groups in total. The predicted octanol–water partition coefficient (Wildman–Crippen LogP) is 1.04. The fourth-order valence-corrected chi connectivity index (χ4v) is 2.26. The summed E-state index contributed by atoms with van der Waals surface area (Å²) in [5.74, 6) is 0. The highest BCUT2D eigenvalue weighted by Crippen LogP contribution is 2.15. The molecule has 2 heterocycles. The van der Waals surface area contributed by atoms with Gasteiger partial charge in [-0.3, -0.25) is 4.90 Å². The van der Waals surface area contributed by atoms with E-state index in [0.717, 1.165) is 6.04 Å². The van der Waals surface area contributed by atoms with Crippen molar-refractivity contribution in [3.8, 4) is 0 Å². The highest BCUT2D eigenvalue weighted by atomic mass is 15.2. The molecule has 1 atom stereocenters. The average Bonchev–Trinajstić information content (AvgIpc) is 2.21. The number of rotatable bonds is 1. The summed E-state index contributed by atoms with van der Waals surface area (Å²) in [7, 11) is 0. The van der Waals surface area contributed by atoms with Crippen LogP contribution >= 0.6 is 0 Å². The molecular formula is C10H19N2. The summed E-state index contributed by atoms with van der Waals surface area (Å²) in [6.45, 7) is 5.00. The van der Waals surface area contributed by atoms with Crippen molar-refractivity contribution in [2.24, 2.45) is 0 Å². The van der Waals surface area contributed by atoms with Gasteiger partial charge in [0.05, 0.1) is 0 Å². The van der Waals surface area contributed by atoms with Crippen LogP contribution in [0.2, 0.25) is 0 Å². The summed E-state index contributed by atoms with van der Waals surface area (Å²) in [6.07, 6.45) is 7.90. The lowest BCUT2D eigenvalue weighted by Gasteiger charge is -2.36. The second kappa shape index (κ2) is 4.24. The number of hydrogen-bond acceptors (Lipinski definition) is 2. The van der Waals surface area contributed by atoms with Gasteiger partial charge in [-0.25, -0.2) is 0 Å². The molecule has 0 saturated carbocycles. The van der Waals surface area contributed by atoms with Crippen molar-refractivity contribution in [3.05, 3.63) is 6.42 Å². The average molecular weight is 167 g/mol. The Labute approximate surface area is 75.3 Å². The van der Waals surface area contributed by atoms with Gasteiger partial charge < -0.3 is 5.32 Å². The molecule has 0 spiro atoms. The maximum atomic E-state index is 3.48. The van der Waals surface area contributed by atoms with Gasteiger partial charge in [-0.2, -0.15) is 0 Å². The summed E-state index contributed by atoms with van der Waals surface area (Å²) in [4.78, 5) is 2.63. The second-order valence-corrected chi connectivity index (χ2v) is 3.93. The van der Waals surface area contributed by atoms with Crippen molar-refractivity contribution >= 4 is 0 Å². The monoisotopic (exact) mass is 167 g/mol. The maximum Gasteiger partial charge on any atom is 0.0221 e. The van der Waals surface area contributed by atoms with Crippen LogP contribution in [-0.4, -0.2) is 37.1 Å². The third-order valence-electron chi connectivity index (χ3n) is 3.00. The van der Waals surface area contributed by atoms with Crippen LogP contribution in [0.3, 0.4) is 0 Å². The third-order valence-corrected chi connectivity index (χ3v) is 3.00. The van der Waals surface area contributed by atoms with Gasteiger partial charge in [-0.15, -0.1) is 0 Å². The molecule has 2 nitrogen and oxygen atoms in total. The molecule has 2 heteroatoms. The lowest BCUT2D eigenvalue weighted by molar-refractivity contribution is 0.160. The number of likely N-dealkylation sites (tertiary alicyclic amines) is 1. The van der Waals surface area contributed by atoms with Gasteiger partial charge in [0.15, 0.2) is 0 Å². The lowest BCUT2D eigenvalue weighted by atomic mass is 10.0. The first-order chi connectivity index (χ1) is 5.97. The molecule has 2 aliphatic rings. The molecule has 0 aliphatic carbocycles. The molecule has 2 saturated heterocycles. The van der Waals surface area contributed by atoms with Crippen LogP contribution in [0.4, 0.5) is 0 Å². The third kappa shape index (κ3) is 1.99. The Balaban J connectivity index is 1.80. The van der Waals surface area contributed by atoms with E-state index in [1.165, 1.54) is 51.9 Å². The largest absolute Gasteiger partial charge is 0.315 e. The molecule has 0 amide bonds. The van der Waals surface area contributed by atoms with E-state index >= 15 is 0 Å². The summed E-state index contributed by atoms with van der Waals surface area (Å²) in [5.41, 5.74) is 0. The van der Waals surface area contributed by atoms with E-state index in [4.69, 9.17) is 0 Å². The standard InChI is InChI=1S/C10H19N2/c1-2-7-12(8-3-1)10-5-4-6-11-9-10/h2,10-11H,1,3-9H2. The van der Waals surface area contributed by atoms with Crippen molar-refractivity contribution in [2.75, 3.05) is 26.2 Å². The van der Waals surface area contributed by atoms with Crippen LogP contribution in [-0.2, 0) is 0 Å². The normalized spacial score (nSPS) is 33.5. The van der Waals surface area contributed by atoms with Gasteiger partial charge in [0.1, 0.15) is 0 Å². The zero-order valence-corrected chi connectivity index (χ0v) is 7.76. The van der Waals surface area contributed by atoms with Gasteiger partial charge in [-0.05, 0) is 45.2 Å². The van der Waals surface area contributed by atoms with Gasteiger partial charge in [0.25, 0.3) is 0 Å². The second-order valence-electron chi connectivity index (χ2n) is 3.93. The van der Waals surface area contributed by atoms with Crippen LogP contribution in [0, 0.1) is 6.42 Å². The van der Waals surface area contributed by atoms with Gasteiger partial charge >= 0.3 is 0 Å². The Morgan fingerprint density at radius 3 is 3.00 bits per heavy atom. The number of piperidine rings is 2. The highest BCUT2D eigenvalue weighted by Gasteiger charge is 2.21. The van der Waals surface area contributed by atoms with E-state index < -0.39 is 0 Å². The molecule has 2 fully saturated rings. The molecule has 1 unspecified atom stereocenters. The van der Waals surface area contributed by atoms with Crippen molar-refractivity contribution in [2.45, 2.75) is 31.7 Å².